The minimum atomic E-state index is -2.44. The zero-order chi connectivity index (χ0) is 29.0. The van der Waals surface area contributed by atoms with Gasteiger partial charge in [-0.3, -0.25) is 4.79 Å². The van der Waals surface area contributed by atoms with Gasteiger partial charge in [0.25, 0.3) is 5.91 Å². The number of rotatable bonds is 10. The van der Waals surface area contributed by atoms with Gasteiger partial charge < -0.3 is 23.5 Å². The van der Waals surface area contributed by atoms with Crippen LogP contribution in [0.4, 0.5) is 10.5 Å². The van der Waals surface area contributed by atoms with Gasteiger partial charge in [-0.2, -0.15) is 0 Å². The summed E-state index contributed by atoms with van der Waals surface area (Å²) in [6, 6.07) is 2.91. The Morgan fingerprint density at radius 1 is 1.26 bits per heavy atom. The van der Waals surface area contributed by atoms with Gasteiger partial charge in [0.2, 0.25) is 0 Å². The number of carbonyl (C=O) groups is 2. The molecule has 0 aliphatic carbocycles. The second-order valence-electron chi connectivity index (χ2n) is 11.1. The Bertz CT molecular complexity index is 1140. The topological polar surface area (TPSA) is 77.5 Å². The van der Waals surface area contributed by atoms with Gasteiger partial charge in [0, 0.05) is 16.7 Å². The van der Waals surface area contributed by atoms with E-state index in [2.05, 4.69) is 63.0 Å². The molecule has 0 saturated carbocycles. The first-order chi connectivity index (χ1) is 18.4. The summed E-state index contributed by atoms with van der Waals surface area (Å²) in [5.74, 6) is 0.635. The summed E-state index contributed by atoms with van der Waals surface area (Å²) >= 11 is 2.30. The van der Waals surface area contributed by atoms with Crippen molar-refractivity contribution >= 4 is 48.6 Å². The molecule has 1 aromatic carbocycles. The smallest absolute Gasteiger partial charge is 0.416 e. The number of alkyl halides is 1. The predicted molar refractivity (Wildman–Crippen MR) is 166 cm³/mol. The third-order valence-corrected chi connectivity index (χ3v) is 12.6. The molecule has 3 rings (SSSR count). The monoisotopic (exact) mass is 668 g/mol. The van der Waals surface area contributed by atoms with Crippen molar-refractivity contribution in [1.29, 1.82) is 0 Å². The van der Waals surface area contributed by atoms with Crippen LogP contribution in [0.3, 0.4) is 0 Å². The van der Waals surface area contributed by atoms with Crippen molar-refractivity contribution in [2.24, 2.45) is 0 Å². The fourth-order valence-electron chi connectivity index (χ4n) is 4.33. The number of benzene rings is 1. The Balaban J connectivity index is 2.28. The van der Waals surface area contributed by atoms with Crippen molar-refractivity contribution in [2.45, 2.75) is 70.9 Å². The zero-order valence-corrected chi connectivity index (χ0v) is 27.2. The zero-order valence-electron chi connectivity index (χ0n) is 24.1. The average molecular weight is 669 g/mol. The molecule has 214 valence electrons. The molecule has 8 nitrogen and oxygen atoms in total. The summed E-state index contributed by atoms with van der Waals surface area (Å²) in [5.41, 5.74) is 1.67. The Morgan fingerprint density at radius 3 is 2.56 bits per heavy atom. The van der Waals surface area contributed by atoms with Crippen LogP contribution >= 0.6 is 22.6 Å². The van der Waals surface area contributed by atoms with Crippen molar-refractivity contribution in [3.63, 3.8) is 0 Å². The molecule has 2 heterocycles. The summed E-state index contributed by atoms with van der Waals surface area (Å²) in [6.45, 7) is 16.8. The van der Waals surface area contributed by atoms with Crippen LogP contribution in [0.25, 0.3) is 0 Å². The highest BCUT2D eigenvalue weighted by Crippen LogP contribution is 2.45. The number of amides is 2. The van der Waals surface area contributed by atoms with E-state index in [9.17, 15) is 9.59 Å². The van der Waals surface area contributed by atoms with Crippen molar-refractivity contribution in [3.8, 4) is 11.5 Å². The molecule has 39 heavy (non-hydrogen) atoms. The lowest BCUT2D eigenvalue weighted by atomic mass is 10.1. The highest BCUT2D eigenvalue weighted by molar-refractivity contribution is 14.1. The molecule has 0 aromatic heterocycles. The van der Waals surface area contributed by atoms with Gasteiger partial charge in [0.05, 0.1) is 31.0 Å². The third-order valence-electron chi connectivity index (χ3n) is 7.36. The normalized spacial score (nSPS) is 19.4. The lowest BCUT2D eigenvalue weighted by Crippen LogP contribution is -2.57. The number of hydrogen-bond acceptors (Lipinski definition) is 6. The molecule has 2 amide bonds. The number of hydrogen-bond donors (Lipinski definition) is 0. The Morgan fingerprint density at radius 2 is 1.97 bits per heavy atom. The van der Waals surface area contributed by atoms with Crippen LogP contribution in [0.2, 0.25) is 18.1 Å². The van der Waals surface area contributed by atoms with Crippen LogP contribution in [-0.2, 0) is 9.16 Å². The Hall–Kier alpha value is -2.31. The van der Waals surface area contributed by atoms with Crippen LogP contribution in [0.15, 0.2) is 48.7 Å². The molecule has 0 spiro atoms. The van der Waals surface area contributed by atoms with Gasteiger partial charge in [-0.1, -0.05) is 68.2 Å². The molecular formula is C29H41IN2O6Si. The summed E-state index contributed by atoms with van der Waals surface area (Å²) in [4.78, 5) is 31.1. The lowest BCUT2D eigenvalue weighted by Gasteiger charge is -2.44. The summed E-state index contributed by atoms with van der Waals surface area (Å²) < 4.78 is 25.2. The van der Waals surface area contributed by atoms with Gasteiger partial charge in [0.1, 0.15) is 6.61 Å². The number of halogens is 1. The van der Waals surface area contributed by atoms with E-state index in [4.69, 9.17) is 18.6 Å². The van der Waals surface area contributed by atoms with Crippen molar-refractivity contribution in [1.82, 2.24) is 4.90 Å². The van der Waals surface area contributed by atoms with Crippen LogP contribution in [-0.4, -0.2) is 62.2 Å². The SMILES string of the molecule is C=CCOC(=O)N1c2cc(OCCCI)c(OC)cc2C(=O)N2C=C(/C=C/C)CC2[C@@H]1O[Si](C)(C)C(C)(C)C. The number of allylic oxidation sites excluding steroid dienone is 2. The fourth-order valence-corrected chi connectivity index (χ4v) is 5.86. The number of carbonyl (C=O) groups excluding carboxylic acids is 2. The highest BCUT2D eigenvalue weighted by atomic mass is 127. The minimum Gasteiger partial charge on any atom is -0.493 e. The van der Waals surface area contributed by atoms with Crippen LogP contribution < -0.4 is 14.4 Å². The summed E-state index contributed by atoms with van der Waals surface area (Å²) in [5, 5.41) is -0.139. The number of methoxy groups -OCH3 is 1. The Kier molecular flexibility index (Phi) is 10.3. The van der Waals surface area contributed by atoms with Gasteiger partial charge in [-0.25, -0.2) is 9.69 Å². The van der Waals surface area contributed by atoms with Crippen LogP contribution in [0, 0.1) is 0 Å². The molecule has 0 N–H and O–H groups in total. The third kappa shape index (κ3) is 6.71. The molecule has 2 aliphatic rings. The molecule has 2 aliphatic heterocycles. The second kappa shape index (κ2) is 12.9. The van der Waals surface area contributed by atoms with E-state index >= 15 is 0 Å². The standard InChI is InChI=1S/C29H41IN2O6Si/c1-9-12-20-16-23-27(38-39(7,8)29(3,4)5)32(28(34)37-14-10-2)22-18-25(36-15-11-13-30)24(35-6)17-21(22)26(33)31(23)19-20/h9-10,12,17-19,23,27H,2,11,13-16H2,1,3-8H3/b12-9+/t23?,27-/m0/s1. The first kappa shape index (κ1) is 31.2. The van der Waals surface area contributed by atoms with Gasteiger partial charge in [0.15, 0.2) is 26.0 Å². The number of anilines is 1. The van der Waals surface area contributed by atoms with E-state index in [1.54, 1.807) is 17.0 Å². The molecule has 0 radical (unpaired) electrons. The van der Waals surface area contributed by atoms with Crippen molar-refractivity contribution in [3.05, 3.63) is 54.3 Å². The van der Waals surface area contributed by atoms with Gasteiger partial charge >= 0.3 is 6.09 Å². The molecule has 2 atom stereocenters. The van der Waals surface area contributed by atoms with E-state index in [-0.39, 0.29) is 17.6 Å². The van der Waals surface area contributed by atoms with Gasteiger partial charge in [-0.15, -0.1) is 0 Å². The largest absolute Gasteiger partial charge is 0.493 e. The highest BCUT2D eigenvalue weighted by Gasteiger charge is 2.50. The van der Waals surface area contributed by atoms with E-state index in [1.165, 1.54) is 18.1 Å². The number of ether oxygens (including phenoxy) is 3. The molecular weight excluding hydrogens is 627 g/mol. The van der Waals surface area contributed by atoms with Gasteiger partial charge in [-0.05, 0) is 49.5 Å². The summed E-state index contributed by atoms with van der Waals surface area (Å²) in [7, 11) is -0.902. The maximum absolute atomic E-state index is 14.1. The van der Waals surface area contributed by atoms with Crippen molar-refractivity contribution in [2.75, 3.05) is 29.7 Å². The maximum atomic E-state index is 14.1. The molecule has 1 aromatic rings. The van der Waals surface area contributed by atoms with E-state index in [1.807, 2.05) is 25.3 Å². The van der Waals surface area contributed by atoms with Crippen molar-refractivity contribution < 1.29 is 28.2 Å². The summed E-state index contributed by atoms with van der Waals surface area (Å²) in [6.07, 6.45) is 7.28. The maximum Gasteiger partial charge on any atom is 0.416 e. The molecule has 0 fully saturated rings. The quantitative estimate of drug-likeness (QED) is 0.0874. The molecule has 1 unspecified atom stereocenters. The van der Waals surface area contributed by atoms with Crippen LogP contribution in [0.5, 0.6) is 11.5 Å². The van der Waals surface area contributed by atoms with E-state index in [0.29, 0.717) is 35.8 Å². The van der Waals surface area contributed by atoms with E-state index in [0.717, 1.165) is 16.4 Å². The average Bonchev–Trinajstić information content (AvgIpc) is 3.26. The number of fused-ring (bicyclic) bond motifs is 2. The van der Waals surface area contributed by atoms with E-state index < -0.39 is 26.7 Å². The first-order valence-electron chi connectivity index (χ1n) is 13.2. The molecule has 0 bridgehead atoms. The fraction of sp³-hybridized carbons (Fsp3) is 0.517. The van der Waals surface area contributed by atoms with Crippen LogP contribution in [0.1, 0.15) is 50.9 Å². The predicted octanol–water partition coefficient (Wildman–Crippen LogP) is 7.06. The molecule has 10 heteroatoms. The minimum absolute atomic E-state index is 0.0249. The number of nitrogens with zero attached hydrogens (tertiary/aromatic N) is 2. The second-order valence-corrected chi connectivity index (χ2v) is 16.9. The lowest BCUT2D eigenvalue weighted by molar-refractivity contribution is 0.0589. The first-order valence-corrected chi connectivity index (χ1v) is 17.6. The Labute approximate surface area is 247 Å². The molecule has 0 saturated heterocycles.